The van der Waals surface area contributed by atoms with E-state index in [1.807, 2.05) is 36.9 Å². The fourth-order valence-corrected chi connectivity index (χ4v) is 1.90. The van der Waals surface area contributed by atoms with Gasteiger partial charge in [0.1, 0.15) is 0 Å². The fraction of sp³-hybridized carbons (Fsp3) is 0.429. The molecule has 1 aromatic rings. The van der Waals surface area contributed by atoms with Crippen LogP contribution >= 0.6 is 0 Å². The first-order valence-corrected chi connectivity index (χ1v) is 5.98. The summed E-state index contributed by atoms with van der Waals surface area (Å²) in [5.41, 5.74) is 3.03. The van der Waals surface area contributed by atoms with Gasteiger partial charge in [-0.15, -0.1) is 0 Å². The molecule has 1 aliphatic heterocycles. The molecule has 0 unspecified atom stereocenters. The maximum atomic E-state index is 11.2. The maximum Gasteiger partial charge on any atom is 0.219 e. The van der Waals surface area contributed by atoms with Gasteiger partial charge in [0.05, 0.1) is 11.6 Å². The van der Waals surface area contributed by atoms with E-state index < -0.39 is 0 Å². The molecule has 90 valence electrons. The third-order valence-corrected chi connectivity index (χ3v) is 2.79. The van der Waals surface area contributed by atoms with E-state index in [1.165, 1.54) is 5.56 Å². The second kappa shape index (κ2) is 6.05. The molecule has 0 atom stereocenters. The zero-order valence-corrected chi connectivity index (χ0v) is 10.7. The normalized spacial score (nSPS) is 12.9. The number of fused-ring (bicyclic) bond motifs is 1. The van der Waals surface area contributed by atoms with Crippen LogP contribution in [0.5, 0.6) is 0 Å². The molecular formula is C14H18N2O. The molecule has 2 rings (SSSR count). The number of carbonyl (C=O) groups excluding carboxylic acids is 1. The summed E-state index contributed by atoms with van der Waals surface area (Å²) in [6, 6.07) is 7.82. The highest BCUT2D eigenvalue weighted by Crippen LogP contribution is 2.20. The molecule has 1 amide bonds. The van der Waals surface area contributed by atoms with E-state index in [1.54, 1.807) is 6.92 Å². The van der Waals surface area contributed by atoms with Gasteiger partial charge in [0.15, 0.2) is 0 Å². The van der Waals surface area contributed by atoms with Crippen molar-refractivity contribution in [2.45, 2.75) is 33.7 Å². The average molecular weight is 230 g/mol. The average Bonchev–Trinajstić information content (AvgIpc) is 2.39. The van der Waals surface area contributed by atoms with E-state index in [4.69, 9.17) is 5.26 Å². The Morgan fingerprint density at radius 1 is 1.35 bits per heavy atom. The van der Waals surface area contributed by atoms with Crippen LogP contribution in [0.1, 0.15) is 37.5 Å². The second-order valence-electron chi connectivity index (χ2n) is 3.79. The highest BCUT2D eigenvalue weighted by Gasteiger charge is 2.17. The third-order valence-electron chi connectivity index (χ3n) is 2.79. The van der Waals surface area contributed by atoms with E-state index >= 15 is 0 Å². The highest BCUT2D eigenvalue weighted by atomic mass is 16.2. The molecule has 1 aromatic carbocycles. The fourth-order valence-electron chi connectivity index (χ4n) is 1.90. The van der Waals surface area contributed by atoms with Crippen LogP contribution in [0.4, 0.5) is 0 Å². The van der Waals surface area contributed by atoms with Gasteiger partial charge < -0.3 is 4.90 Å². The Bertz CT molecular complexity index is 446. The van der Waals surface area contributed by atoms with Crippen molar-refractivity contribution in [2.24, 2.45) is 0 Å². The molecule has 0 radical (unpaired) electrons. The summed E-state index contributed by atoms with van der Waals surface area (Å²) in [5, 5.41) is 8.78. The second-order valence-corrected chi connectivity index (χ2v) is 3.79. The van der Waals surface area contributed by atoms with Gasteiger partial charge in [-0.2, -0.15) is 5.26 Å². The third kappa shape index (κ3) is 3.07. The summed E-state index contributed by atoms with van der Waals surface area (Å²) in [6.07, 6.45) is 0.890. The van der Waals surface area contributed by atoms with Gasteiger partial charge in [0.25, 0.3) is 0 Å². The zero-order valence-electron chi connectivity index (χ0n) is 10.7. The van der Waals surface area contributed by atoms with Gasteiger partial charge >= 0.3 is 0 Å². The smallest absolute Gasteiger partial charge is 0.219 e. The number of nitrogens with zero attached hydrogens (tertiary/aromatic N) is 2. The Hall–Kier alpha value is -1.82. The van der Waals surface area contributed by atoms with Gasteiger partial charge in [-0.3, -0.25) is 4.79 Å². The van der Waals surface area contributed by atoms with Crippen LogP contribution < -0.4 is 0 Å². The summed E-state index contributed by atoms with van der Waals surface area (Å²) >= 11 is 0. The van der Waals surface area contributed by atoms with Crippen LogP contribution in [0, 0.1) is 11.3 Å². The molecule has 1 heterocycles. The van der Waals surface area contributed by atoms with Gasteiger partial charge in [-0.05, 0) is 29.7 Å². The number of rotatable bonds is 0. The molecule has 0 spiro atoms. The van der Waals surface area contributed by atoms with Gasteiger partial charge in [-0.25, -0.2) is 0 Å². The Labute approximate surface area is 103 Å². The lowest BCUT2D eigenvalue weighted by atomic mass is 9.98. The van der Waals surface area contributed by atoms with Crippen LogP contribution in [-0.2, 0) is 17.8 Å². The van der Waals surface area contributed by atoms with E-state index in [9.17, 15) is 4.79 Å². The van der Waals surface area contributed by atoms with Gasteiger partial charge in [-0.1, -0.05) is 19.9 Å². The van der Waals surface area contributed by atoms with Crippen molar-refractivity contribution in [1.82, 2.24) is 4.90 Å². The molecule has 0 fully saturated rings. The van der Waals surface area contributed by atoms with Gasteiger partial charge in [0, 0.05) is 20.0 Å². The topological polar surface area (TPSA) is 44.1 Å². The Morgan fingerprint density at radius 3 is 2.65 bits per heavy atom. The lowest BCUT2D eigenvalue weighted by Crippen LogP contribution is -2.34. The van der Waals surface area contributed by atoms with Crippen molar-refractivity contribution in [3.63, 3.8) is 0 Å². The van der Waals surface area contributed by atoms with Crippen molar-refractivity contribution in [3.8, 4) is 6.07 Å². The number of carbonyl (C=O) groups is 1. The molecule has 0 N–H and O–H groups in total. The number of nitriles is 1. The molecule has 3 nitrogen and oxygen atoms in total. The van der Waals surface area contributed by atoms with Crippen LogP contribution in [0.2, 0.25) is 0 Å². The molecule has 1 aliphatic rings. The minimum absolute atomic E-state index is 0.100. The summed E-state index contributed by atoms with van der Waals surface area (Å²) < 4.78 is 0. The van der Waals surface area contributed by atoms with E-state index in [2.05, 4.69) is 6.07 Å². The Balaban J connectivity index is 0.000000686. The number of amides is 1. The van der Waals surface area contributed by atoms with E-state index in [0.717, 1.165) is 18.5 Å². The SMILES string of the molecule is CC.CC(=O)N1CCc2ccc(C#N)cc2C1. The monoisotopic (exact) mass is 230 g/mol. The zero-order chi connectivity index (χ0) is 12.8. The molecule has 0 bridgehead atoms. The summed E-state index contributed by atoms with van der Waals surface area (Å²) in [7, 11) is 0. The van der Waals surface area contributed by atoms with Crippen molar-refractivity contribution >= 4 is 5.91 Å². The van der Waals surface area contributed by atoms with Crippen molar-refractivity contribution in [2.75, 3.05) is 6.54 Å². The lowest BCUT2D eigenvalue weighted by Gasteiger charge is -2.27. The van der Waals surface area contributed by atoms with Crippen molar-refractivity contribution in [1.29, 1.82) is 5.26 Å². The predicted octanol–water partition coefficient (Wildman–Crippen LogP) is 2.49. The summed E-state index contributed by atoms with van der Waals surface area (Å²) in [5.74, 6) is 0.100. The molecular weight excluding hydrogens is 212 g/mol. The van der Waals surface area contributed by atoms with Crippen molar-refractivity contribution in [3.05, 3.63) is 34.9 Å². The first kappa shape index (κ1) is 13.2. The Kier molecular flexibility index (Phi) is 4.71. The molecule has 0 aromatic heterocycles. The first-order chi connectivity index (χ1) is 8.20. The minimum atomic E-state index is 0.100. The minimum Gasteiger partial charge on any atom is -0.338 e. The summed E-state index contributed by atoms with van der Waals surface area (Å²) in [4.78, 5) is 13.0. The predicted molar refractivity (Wildman–Crippen MR) is 67.3 cm³/mol. The Morgan fingerprint density at radius 2 is 2.06 bits per heavy atom. The number of hydrogen-bond acceptors (Lipinski definition) is 2. The largest absolute Gasteiger partial charge is 0.338 e. The van der Waals surface area contributed by atoms with E-state index in [0.29, 0.717) is 12.1 Å². The molecule has 0 aliphatic carbocycles. The highest BCUT2D eigenvalue weighted by molar-refractivity contribution is 5.73. The van der Waals surface area contributed by atoms with E-state index in [-0.39, 0.29) is 5.91 Å². The maximum absolute atomic E-state index is 11.2. The lowest BCUT2D eigenvalue weighted by molar-refractivity contribution is -0.129. The molecule has 17 heavy (non-hydrogen) atoms. The molecule has 0 saturated heterocycles. The first-order valence-electron chi connectivity index (χ1n) is 5.98. The van der Waals surface area contributed by atoms with Crippen molar-refractivity contribution < 1.29 is 4.79 Å². The molecule has 3 heteroatoms. The summed E-state index contributed by atoms with van der Waals surface area (Å²) in [6.45, 7) is 7.01. The number of hydrogen-bond donors (Lipinski definition) is 0. The quantitative estimate of drug-likeness (QED) is 0.687. The standard InChI is InChI=1S/C12H12N2O.C2H6/c1-9(15)14-5-4-11-3-2-10(7-13)6-12(11)8-14;1-2/h2-3,6H,4-5,8H2,1H3;1-2H3. The van der Waals surface area contributed by atoms with Gasteiger partial charge in [0.2, 0.25) is 5.91 Å². The molecule has 0 saturated carbocycles. The number of benzene rings is 1. The van der Waals surface area contributed by atoms with Crippen LogP contribution in [0.15, 0.2) is 18.2 Å². The van der Waals surface area contributed by atoms with Crippen LogP contribution in [0.3, 0.4) is 0 Å². The van der Waals surface area contributed by atoms with Crippen LogP contribution in [0.25, 0.3) is 0 Å². The van der Waals surface area contributed by atoms with Crippen LogP contribution in [-0.4, -0.2) is 17.4 Å².